The molecule has 2 fully saturated rings. The Morgan fingerprint density at radius 1 is 0.574 bits per heavy atom. The van der Waals surface area contributed by atoms with Gasteiger partial charge in [0.2, 0.25) is 0 Å². The fourth-order valence-corrected chi connectivity index (χ4v) is 10.0. The lowest BCUT2D eigenvalue weighted by atomic mass is 9.54. The van der Waals surface area contributed by atoms with E-state index < -0.39 is 0 Å². The largest absolute Gasteiger partial charge is 0.455 e. The summed E-state index contributed by atoms with van der Waals surface area (Å²) in [5.74, 6) is 4.35. The summed E-state index contributed by atoms with van der Waals surface area (Å²) in [5, 5.41) is 13.9. The van der Waals surface area contributed by atoms with Gasteiger partial charge in [0.05, 0.1) is 5.56 Å². The molecule has 5 nitrogen and oxygen atoms in total. The van der Waals surface area contributed by atoms with Gasteiger partial charge >= 0.3 is 0 Å². The average molecular weight is 701 g/mol. The number of furan rings is 1. The number of rotatable bonds is 5. The molecule has 2 aliphatic carbocycles. The molecular weight excluding hydrogens is 661 g/mol. The van der Waals surface area contributed by atoms with E-state index >= 15 is 0 Å². The molecule has 54 heavy (non-hydrogen) atoms. The first-order chi connectivity index (χ1) is 26.4. The predicted molar refractivity (Wildman–Crippen MR) is 218 cm³/mol. The van der Waals surface area contributed by atoms with Crippen molar-refractivity contribution in [3.63, 3.8) is 0 Å². The Labute approximate surface area is 315 Å². The molecule has 0 amide bonds. The van der Waals surface area contributed by atoms with Gasteiger partial charge in [-0.2, -0.15) is 5.26 Å². The summed E-state index contributed by atoms with van der Waals surface area (Å²) in [7, 11) is 0. The first kappa shape index (κ1) is 32.5. The minimum Gasteiger partial charge on any atom is -0.455 e. The van der Waals surface area contributed by atoms with Crippen molar-refractivity contribution >= 4 is 32.7 Å². The second-order valence-corrected chi connectivity index (χ2v) is 16.1. The van der Waals surface area contributed by atoms with Gasteiger partial charge in [0.15, 0.2) is 23.1 Å². The van der Waals surface area contributed by atoms with Crippen LogP contribution in [0.5, 0.6) is 0 Å². The van der Waals surface area contributed by atoms with Gasteiger partial charge in [-0.3, -0.25) is 0 Å². The number of fused-ring (bicyclic) bond motifs is 6. The van der Waals surface area contributed by atoms with Crippen LogP contribution in [0.2, 0.25) is 0 Å². The van der Waals surface area contributed by atoms with Gasteiger partial charge < -0.3 is 4.42 Å². The Morgan fingerprint density at radius 3 is 1.89 bits per heavy atom. The average Bonchev–Trinajstić information content (AvgIpc) is 3.58. The van der Waals surface area contributed by atoms with Gasteiger partial charge in [-0.15, -0.1) is 0 Å². The highest BCUT2D eigenvalue weighted by Crippen LogP contribution is 2.54. The molecule has 10 rings (SSSR count). The smallest absolute Gasteiger partial charge is 0.164 e. The summed E-state index contributed by atoms with van der Waals surface area (Å²) >= 11 is 0. The van der Waals surface area contributed by atoms with E-state index in [-0.39, 0.29) is 5.41 Å². The quantitative estimate of drug-likeness (QED) is 0.179. The molecule has 2 bridgehead atoms. The highest BCUT2D eigenvalue weighted by atomic mass is 16.3. The molecule has 2 heterocycles. The van der Waals surface area contributed by atoms with E-state index in [2.05, 4.69) is 123 Å². The second-order valence-electron chi connectivity index (χ2n) is 16.1. The predicted octanol–water partition coefficient (Wildman–Crippen LogP) is 12.6. The molecule has 4 atom stereocenters. The summed E-state index contributed by atoms with van der Waals surface area (Å²) in [5.41, 5.74) is 8.71. The molecule has 0 aliphatic heterocycles. The summed E-state index contributed by atoms with van der Waals surface area (Å²) in [6.45, 7) is 4.90. The molecule has 2 aromatic heterocycles. The van der Waals surface area contributed by atoms with Crippen LogP contribution in [-0.2, 0) is 5.41 Å². The summed E-state index contributed by atoms with van der Waals surface area (Å²) in [6, 6.07) is 46.6. The van der Waals surface area contributed by atoms with Crippen LogP contribution in [0.25, 0.3) is 78.0 Å². The van der Waals surface area contributed by atoms with Crippen molar-refractivity contribution in [1.82, 2.24) is 15.0 Å². The zero-order chi connectivity index (χ0) is 36.4. The van der Waals surface area contributed by atoms with E-state index in [1.54, 1.807) is 6.07 Å². The monoisotopic (exact) mass is 700 g/mol. The lowest BCUT2D eigenvalue weighted by molar-refractivity contribution is 0.0780. The summed E-state index contributed by atoms with van der Waals surface area (Å²) in [4.78, 5) is 15.3. The molecule has 0 radical (unpaired) electrons. The van der Waals surface area contributed by atoms with Crippen LogP contribution in [0.1, 0.15) is 57.1 Å². The fourth-order valence-electron chi connectivity index (χ4n) is 10.0. The van der Waals surface area contributed by atoms with E-state index in [0.29, 0.717) is 28.6 Å². The number of nitrogens with zero attached hydrogens (tertiary/aromatic N) is 4. The Hall–Kier alpha value is -6.12. The van der Waals surface area contributed by atoms with Gasteiger partial charge in [0.25, 0.3) is 0 Å². The zero-order valence-corrected chi connectivity index (χ0v) is 30.6. The number of benzene rings is 6. The van der Waals surface area contributed by atoms with Gasteiger partial charge in [-0.05, 0) is 107 Å². The number of aromatic nitrogens is 3. The zero-order valence-electron chi connectivity index (χ0n) is 30.6. The van der Waals surface area contributed by atoms with Crippen molar-refractivity contribution in [3.05, 3.63) is 139 Å². The standard InChI is InChI=1S/C49H40N4O/c1-30-22-32-23-31(2)27-49(26-30,28-32)41-19-16-36(17-20-41)47-51-46(52-48(53-47)39-15-12-33-6-3-4-7-37(33)24-39)35-13-10-34(11-14-35)38-18-21-44-43(25-38)42-9-5-8-40(29-50)45(42)54-44/h3-21,24-25,30-32H,22-23,26-28H2,1-2H3/t30-,31+,32?,49?. The van der Waals surface area contributed by atoms with E-state index in [1.807, 2.05) is 18.2 Å². The Balaban J connectivity index is 1.03. The van der Waals surface area contributed by atoms with Crippen LogP contribution in [0, 0.1) is 29.1 Å². The lowest BCUT2D eigenvalue weighted by Crippen LogP contribution is -2.42. The van der Waals surface area contributed by atoms with Crippen molar-refractivity contribution in [3.8, 4) is 51.4 Å². The third kappa shape index (κ3) is 5.65. The van der Waals surface area contributed by atoms with Crippen LogP contribution in [0.4, 0.5) is 0 Å². The van der Waals surface area contributed by atoms with Crippen LogP contribution in [-0.4, -0.2) is 15.0 Å². The molecule has 6 aromatic carbocycles. The minimum atomic E-state index is 0.273. The van der Waals surface area contributed by atoms with Crippen molar-refractivity contribution in [1.29, 1.82) is 5.26 Å². The normalized spacial score (nSPS) is 21.0. The Kier molecular flexibility index (Phi) is 7.70. The topological polar surface area (TPSA) is 75.6 Å². The van der Waals surface area contributed by atoms with Crippen molar-refractivity contribution < 1.29 is 4.42 Å². The van der Waals surface area contributed by atoms with Crippen molar-refractivity contribution in [2.24, 2.45) is 17.8 Å². The van der Waals surface area contributed by atoms with Gasteiger partial charge in [0, 0.05) is 27.5 Å². The molecule has 0 N–H and O–H groups in total. The summed E-state index contributed by atoms with van der Waals surface area (Å²) in [6.07, 6.45) is 6.61. The van der Waals surface area contributed by atoms with Crippen molar-refractivity contribution in [2.75, 3.05) is 0 Å². The second kappa shape index (κ2) is 12.8. The number of para-hydroxylation sites is 1. The van der Waals surface area contributed by atoms with E-state index in [0.717, 1.165) is 67.3 Å². The SMILES string of the molecule is C[C@@H]1CC2C[C@H](C)CC(c3ccc(-c4nc(-c5ccc(-c6ccc7oc8c(C#N)cccc8c7c6)cc5)nc(-c5ccc6ccccc6c5)n4)cc3)(C2)C1. The van der Waals surface area contributed by atoms with Gasteiger partial charge in [-0.1, -0.05) is 117 Å². The molecule has 262 valence electrons. The fraction of sp³-hybridized carbons (Fsp3) is 0.224. The maximum Gasteiger partial charge on any atom is 0.164 e. The van der Waals surface area contributed by atoms with Crippen LogP contribution >= 0.6 is 0 Å². The molecule has 2 saturated carbocycles. The first-order valence-electron chi connectivity index (χ1n) is 19.2. The maximum absolute atomic E-state index is 9.60. The Bertz CT molecular complexity index is 2740. The van der Waals surface area contributed by atoms with E-state index in [1.165, 1.54) is 43.1 Å². The molecule has 2 unspecified atom stereocenters. The molecule has 8 aromatic rings. The Morgan fingerprint density at radius 2 is 1.19 bits per heavy atom. The van der Waals surface area contributed by atoms with Gasteiger partial charge in [-0.25, -0.2) is 15.0 Å². The summed E-state index contributed by atoms with van der Waals surface area (Å²) < 4.78 is 6.08. The van der Waals surface area contributed by atoms with Crippen LogP contribution in [0.15, 0.2) is 132 Å². The first-order valence-corrected chi connectivity index (χ1v) is 19.2. The third-order valence-electron chi connectivity index (χ3n) is 12.1. The van der Waals surface area contributed by atoms with Crippen LogP contribution < -0.4 is 0 Å². The highest BCUT2D eigenvalue weighted by Gasteiger charge is 2.45. The molecule has 2 aliphatic rings. The van der Waals surface area contributed by atoms with Crippen molar-refractivity contribution in [2.45, 2.75) is 51.4 Å². The number of nitriles is 1. The van der Waals surface area contributed by atoms with Gasteiger partial charge in [0.1, 0.15) is 11.7 Å². The third-order valence-corrected chi connectivity index (χ3v) is 12.1. The molecular formula is C49H40N4O. The lowest BCUT2D eigenvalue weighted by Gasteiger charge is -2.50. The number of hydrogen-bond donors (Lipinski definition) is 0. The van der Waals surface area contributed by atoms with E-state index in [9.17, 15) is 5.26 Å². The molecule has 0 saturated heterocycles. The minimum absolute atomic E-state index is 0.273. The molecule has 0 spiro atoms. The number of hydrogen-bond acceptors (Lipinski definition) is 5. The van der Waals surface area contributed by atoms with E-state index in [4.69, 9.17) is 19.4 Å². The molecule has 5 heteroatoms. The highest BCUT2D eigenvalue weighted by molar-refractivity contribution is 6.07. The maximum atomic E-state index is 9.60. The van der Waals surface area contributed by atoms with Crippen LogP contribution in [0.3, 0.4) is 0 Å².